The molecule has 1 aromatic rings. The van der Waals surface area contributed by atoms with Crippen LogP contribution >= 0.6 is 0 Å². The quantitative estimate of drug-likeness (QED) is 0.496. The number of nitrogens with zero attached hydrogens (tertiary/aromatic N) is 1. The Labute approximate surface area is 127 Å². The summed E-state index contributed by atoms with van der Waals surface area (Å²) < 4.78 is 22.4. The molecule has 1 aromatic carbocycles. The molecule has 0 atom stereocenters. The van der Waals surface area contributed by atoms with Crippen LogP contribution in [0, 0.1) is 17.1 Å². The van der Waals surface area contributed by atoms with Gasteiger partial charge in [0.05, 0.1) is 12.2 Å². The van der Waals surface area contributed by atoms with Crippen LogP contribution in [0.5, 0.6) is 0 Å². The minimum Gasteiger partial charge on any atom is -0.434 e. The van der Waals surface area contributed by atoms with Crippen LogP contribution in [0.2, 0.25) is 0 Å². The molecule has 1 N–H and O–H groups in total. The minimum absolute atomic E-state index is 0.0362. The lowest BCUT2D eigenvalue weighted by molar-refractivity contribution is 0.0742. The summed E-state index contributed by atoms with van der Waals surface area (Å²) in [5.41, 5.74) is 0.577. The van der Waals surface area contributed by atoms with Gasteiger partial charge in [0.2, 0.25) is 0 Å². The first-order chi connectivity index (χ1) is 10.6. The number of rotatable bonds is 6. The first-order valence-corrected chi connectivity index (χ1v) is 6.87. The van der Waals surface area contributed by atoms with Gasteiger partial charge in [-0.25, -0.2) is 14.0 Å². The van der Waals surface area contributed by atoms with Gasteiger partial charge in [-0.15, -0.1) is 0 Å². The number of hydrogen-bond acceptors (Lipinski definition) is 5. The number of alkyl carbamates (subject to hydrolysis) is 1. The predicted octanol–water partition coefficient (Wildman–Crippen LogP) is 2.90. The molecule has 0 saturated carbocycles. The zero-order valence-electron chi connectivity index (χ0n) is 12.2. The Hall–Kier alpha value is -2.62. The van der Waals surface area contributed by atoms with E-state index in [1.807, 2.05) is 6.92 Å². The van der Waals surface area contributed by atoms with Gasteiger partial charge in [0.25, 0.3) is 0 Å². The maximum atomic E-state index is 13.4. The highest BCUT2D eigenvalue weighted by Crippen LogP contribution is 2.09. The van der Waals surface area contributed by atoms with Gasteiger partial charge >= 0.3 is 12.2 Å². The average molecular weight is 308 g/mol. The number of halogens is 1. The summed E-state index contributed by atoms with van der Waals surface area (Å²) in [4.78, 5) is 22.4. The highest BCUT2D eigenvalue weighted by atomic mass is 19.1. The fourth-order valence-electron chi connectivity index (χ4n) is 1.55. The third-order valence-corrected chi connectivity index (χ3v) is 2.73. The number of benzene rings is 1. The zero-order valence-corrected chi connectivity index (χ0v) is 12.2. The minimum atomic E-state index is -1.05. The Morgan fingerprint density at radius 3 is 2.82 bits per heavy atom. The Morgan fingerprint density at radius 1 is 1.41 bits per heavy atom. The number of amides is 1. The maximum absolute atomic E-state index is 13.4. The summed E-state index contributed by atoms with van der Waals surface area (Å²) >= 11 is 0. The summed E-state index contributed by atoms with van der Waals surface area (Å²) in [5.74, 6) is -0.609. The van der Waals surface area contributed by atoms with Crippen molar-refractivity contribution in [3.63, 3.8) is 0 Å². The Morgan fingerprint density at radius 2 is 2.18 bits per heavy atom. The molecule has 0 aliphatic heterocycles. The standard InChI is InChI=1S/C15H17FN2O4/c1-2-3-8-21-15(20)22-14(19)18-7-6-11-4-5-12(10-17)13(16)9-11/h4-5,9H,2-3,6-8H2,1H3,(H,18,19). The van der Waals surface area contributed by atoms with Crippen LogP contribution < -0.4 is 5.32 Å². The number of unbranched alkanes of at least 4 members (excludes halogenated alkanes) is 1. The van der Waals surface area contributed by atoms with Gasteiger partial charge in [-0.1, -0.05) is 19.4 Å². The van der Waals surface area contributed by atoms with Crippen molar-refractivity contribution >= 4 is 12.2 Å². The Bertz CT molecular complexity index is 569. The number of carbonyl (C=O) groups is 2. The normalized spacial score (nSPS) is 9.68. The van der Waals surface area contributed by atoms with E-state index in [0.29, 0.717) is 18.4 Å². The van der Waals surface area contributed by atoms with E-state index in [9.17, 15) is 14.0 Å². The van der Waals surface area contributed by atoms with Crippen LogP contribution in [-0.4, -0.2) is 25.4 Å². The molecule has 0 heterocycles. The number of carbonyl (C=O) groups excluding carboxylic acids is 2. The highest BCUT2D eigenvalue weighted by Gasteiger charge is 2.11. The van der Waals surface area contributed by atoms with Gasteiger partial charge in [-0.3, -0.25) is 0 Å². The summed E-state index contributed by atoms with van der Waals surface area (Å²) in [6.07, 6.45) is -0.0736. The molecule has 0 bridgehead atoms. The van der Waals surface area contributed by atoms with Gasteiger partial charge in [-0.2, -0.15) is 5.26 Å². The van der Waals surface area contributed by atoms with E-state index in [0.717, 1.165) is 6.42 Å². The molecule has 7 heteroatoms. The molecule has 0 unspecified atom stereocenters. The molecule has 0 fully saturated rings. The van der Waals surface area contributed by atoms with Crippen molar-refractivity contribution in [2.75, 3.05) is 13.2 Å². The molecule has 6 nitrogen and oxygen atoms in total. The van der Waals surface area contributed by atoms with E-state index in [2.05, 4.69) is 14.8 Å². The topological polar surface area (TPSA) is 88.4 Å². The fourth-order valence-corrected chi connectivity index (χ4v) is 1.55. The van der Waals surface area contributed by atoms with Gasteiger partial charge in [0.15, 0.2) is 0 Å². The van der Waals surface area contributed by atoms with Gasteiger partial charge < -0.3 is 14.8 Å². The molecule has 0 spiro atoms. The van der Waals surface area contributed by atoms with Crippen LogP contribution in [0.15, 0.2) is 18.2 Å². The number of nitriles is 1. The summed E-state index contributed by atoms with van der Waals surface area (Å²) in [7, 11) is 0. The van der Waals surface area contributed by atoms with Gasteiger partial charge in [0, 0.05) is 6.54 Å². The molecule has 22 heavy (non-hydrogen) atoms. The number of hydrogen-bond donors (Lipinski definition) is 1. The SMILES string of the molecule is CCCCOC(=O)OC(=O)NCCc1ccc(C#N)c(F)c1. The third kappa shape index (κ3) is 6.22. The zero-order chi connectivity index (χ0) is 16.4. The smallest absolute Gasteiger partial charge is 0.434 e. The number of nitrogens with one attached hydrogen (secondary N) is 1. The van der Waals surface area contributed by atoms with E-state index in [4.69, 9.17) is 5.26 Å². The largest absolute Gasteiger partial charge is 0.517 e. The maximum Gasteiger partial charge on any atom is 0.517 e. The van der Waals surface area contributed by atoms with Crippen molar-refractivity contribution in [2.45, 2.75) is 26.2 Å². The molecule has 0 saturated heterocycles. The first kappa shape index (κ1) is 17.4. The van der Waals surface area contributed by atoms with Crippen molar-refractivity contribution in [3.05, 3.63) is 35.1 Å². The second-order valence-corrected chi connectivity index (χ2v) is 4.44. The molecular weight excluding hydrogens is 291 g/mol. The highest BCUT2D eigenvalue weighted by molar-refractivity contribution is 5.80. The summed E-state index contributed by atoms with van der Waals surface area (Å²) in [6, 6.07) is 5.91. The summed E-state index contributed by atoms with van der Waals surface area (Å²) in [6.45, 7) is 2.30. The van der Waals surface area contributed by atoms with E-state index in [-0.39, 0.29) is 18.7 Å². The van der Waals surface area contributed by atoms with Crippen LogP contribution in [-0.2, 0) is 15.9 Å². The molecular formula is C15H17FN2O4. The molecule has 1 rings (SSSR count). The first-order valence-electron chi connectivity index (χ1n) is 6.87. The number of ether oxygens (including phenoxy) is 2. The van der Waals surface area contributed by atoms with Gasteiger partial charge in [-0.05, 0) is 30.5 Å². The van der Waals surface area contributed by atoms with Crippen molar-refractivity contribution in [1.82, 2.24) is 5.32 Å². The van der Waals surface area contributed by atoms with Crippen LogP contribution in [0.1, 0.15) is 30.9 Å². The van der Waals surface area contributed by atoms with Crippen molar-refractivity contribution in [3.8, 4) is 6.07 Å². The molecule has 1 amide bonds. The van der Waals surface area contributed by atoms with E-state index in [1.165, 1.54) is 12.1 Å². The predicted molar refractivity (Wildman–Crippen MR) is 75.6 cm³/mol. The lowest BCUT2D eigenvalue weighted by Crippen LogP contribution is -2.29. The van der Waals surface area contributed by atoms with Crippen LogP contribution in [0.4, 0.5) is 14.0 Å². The Kier molecular flexibility index (Phi) is 7.40. The van der Waals surface area contributed by atoms with Crippen LogP contribution in [0.3, 0.4) is 0 Å². The molecule has 0 radical (unpaired) electrons. The molecule has 0 aliphatic carbocycles. The third-order valence-electron chi connectivity index (χ3n) is 2.73. The lowest BCUT2D eigenvalue weighted by Gasteiger charge is -2.06. The molecule has 118 valence electrons. The van der Waals surface area contributed by atoms with E-state index in [1.54, 1.807) is 12.1 Å². The lowest BCUT2D eigenvalue weighted by atomic mass is 10.1. The van der Waals surface area contributed by atoms with Crippen LogP contribution in [0.25, 0.3) is 0 Å². The monoisotopic (exact) mass is 308 g/mol. The van der Waals surface area contributed by atoms with E-state index >= 15 is 0 Å². The average Bonchev–Trinajstić information content (AvgIpc) is 2.47. The fraction of sp³-hybridized carbons (Fsp3) is 0.400. The Balaban J connectivity index is 2.29. The second kappa shape index (κ2) is 9.34. The van der Waals surface area contributed by atoms with Crippen molar-refractivity contribution < 1.29 is 23.5 Å². The second-order valence-electron chi connectivity index (χ2n) is 4.44. The van der Waals surface area contributed by atoms with Gasteiger partial charge in [0.1, 0.15) is 11.9 Å². The van der Waals surface area contributed by atoms with Crippen molar-refractivity contribution in [2.24, 2.45) is 0 Å². The van der Waals surface area contributed by atoms with E-state index < -0.39 is 18.1 Å². The summed E-state index contributed by atoms with van der Waals surface area (Å²) in [5, 5.41) is 11.0. The molecule has 0 aromatic heterocycles. The van der Waals surface area contributed by atoms with Crippen molar-refractivity contribution in [1.29, 1.82) is 5.26 Å². The molecule has 0 aliphatic rings.